The molecule has 0 saturated heterocycles. The fourth-order valence-corrected chi connectivity index (χ4v) is 5.95. The number of carboxylic acid groups (broad SMARTS) is 1. The Bertz CT molecular complexity index is 1670. The molecular weight excluding hydrogens is 504 g/mol. The lowest BCUT2D eigenvalue weighted by atomic mass is 9.53. The number of hydrogen-bond acceptors (Lipinski definition) is 7. The van der Waals surface area contributed by atoms with E-state index in [4.69, 9.17) is 4.42 Å². The molecule has 0 spiro atoms. The molecule has 3 aromatic heterocycles. The number of fused-ring (bicyclic) bond motifs is 5. The number of benzene rings is 1. The quantitative estimate of drug-likeness (QED) is 0.327. The minimum absolute atomic E-state index is 0.0738. The third-order valence-corrected chi connectivity index (χ3v) is 8.61. The van der Waals surface area contributed by atoms with E-state index in [1.165, 1.54) is 21.3 Å². The van der Waals surface area contributed by atoms with Gasteiger partial charge >= 0.3 is 11.7 Å². The molecule has 0 atom stereocenters. The standard InChI is InChI=1S/C27H28N6O6/c1-32-18-12-16(2-3-20(18)39-25(32)38)14-28-22(34)17-13-19(33-21(31-17)4-11-30-33)23(35)29-15-26-5-8-27(9-6-26,10-7-26)24(36)37/h2-4,11-13H,5-10,14-15H2,1H3,(H,28,34)(H,29,35)(H,36,37). The monoisotopic (exact) mass is 532 g/mol. The number of nitrogens with one attached hydrogen (secondary N) is 2. The molecule has 0 radical (unpaired) electrons. The number of hydrogen-bond donors (Lipinski definition) is 3. The number of rotatable bonds is 7. The molecule has 12 heteroatoms. The number of aryl methyl sites for hydroxylation is 1. The normalized spacial score (nSPS) is 22.3. The Kier molecular flexibility index (Phi) is 5.77. The Morgan fingerprint density at radius 3 is 2.49 bits per heavy atom. The van der Waals surface area contributed by atoms with E-state index in [1.54, 1.807) is 31.3 Å². The Morgan fingerprint density at radius 1 is 1.03 bits per heavy atom. The minimum atomic E-state index is -0.712. The molecule has 12 nitrogen and oxygen atoms in total. The summed E-state index contributed by atoms with van der Waals surface area (Å²) in [7, 11) is 1.61. The summed E-state index contributed by atoms with van der Waals surface area (Å²) in [6.07, 6.45) is 5.69. The number of carboxylic acids is 1. The lowest BCUT2D eigenvalue weighted by molar-refractivity contribution is -0.158. The molecule has 7 rings (SSSR count). The molecule has 3 aliphatic rings. The van der Waals surface area contributed by atoms with Crippen LogP contribution in [0.15, 0.2) is 45.7 Å². The number of nitrogens with zero attached hydrogens (tertiary/aromatic N) is 4. The van der Waals surface area contributed by atoms with Crippen LogP contribution in [-0.2, 0) is 18.4 Å². The fraction of sp³-hybridized carbons (Fsp3) is 0.407. The highest BCUT2D eigenvalue weighted by molar-refractivity contribution is 5.98. The van der Waals surface area contributed by atoms with Gasteiger partial charge in [-0.15, -0.1) is 0 Å². The van der Waals surface area contributed by atoms with Crippen molar-refractivity contribution in [1.29, 1.82) is 0 Å². The van der Waals surface area contributed by atoms with Crippen LogP contribution >= 0.6 is 0 Å². The van der Waals surface area contributed by atoms with Gasteiger partial charge in [-0.05, 0) is 61.6 Å². The third kappa shape index (κ3) is 4.25. The molecule has 202 valence electrons. The van der Waals surface area contributed by atoms with Crippen molar-refractivity contribution in [3.63, 3.8) is 0 Å². The molecular formula is C27H28N6O6. The molecule has 3 aliphatic carbocycles. The van der Waals surface area contributed by atoms with Gasteiger partial charge in [-0.3, -0.25) is 19.0 Å². The van der Waals surface area contributed by atoms with Crippen LogP contribution in [-0.4, -0.2) is 48.6 Å². The molecule has 39 heavy (non-hydrogen) atoms. The van der Waals surface area contributed by atoms with Gasteiger partial charge in [0.05, 0.1) is 17.1 Å². The van der Waals surface area contributed by atoms with E-state index in [1.807, 2.05) is 0 Å². The van der Waals surface area contributed by atoms with Crippen LogP contribution in [0.3, 0.4) is 0 Å². The molecule has 2 amide bonds. The van der Waals surface area contributed by atoms with Gasteiger partial charge in [0.1, 0.15) is 11.4 Å². The summed E-state index contributed by atoms with van der Waals surface area (Å²) in [6.45, 7) is 0.620. The Labute approximate surface area is 222 Å². The fourth-order valence-electron chi connectivity index (χ4n) is 5.95. The molecule has 4 aromatic rings. The number of amides is 2. The summed E-state index contributed by atoms with van der Waals surface area (Å²) in [5.41, 5.74) is 1.75. The predicted octanol–water partition coefficient (Wildman–Crippen LogP) is 2.26. The number of oxazole rings is 1. The first-order valence-electron chi connectivity index (χ1n) is 12.9. The molecule has 3 fully saturated rings. The first kappa shape index (κ1) is 24.8. The van der Waals surface area contributed by atoms with Crippen molar-refractivity contribution < 1.29 is 23.9 Å². The lowest BCUT2D eigenvalue weighted by Crippen LogP contribution is -2.50. The van der Waals surface area contributed by atoms with E-state index in [0.29, 0.717) is 42.6 Å². The summed E-state index contributed by atoms with van der Waals surface area (Å²) in [5, 5.41) is 19.7. The third-order valence-electron chi connectivity index (χ3n) is 8.61. The van der Waals surface area contributed by atoms with Crippen LogP contribution in [0.1, 0.15) is 65.1 Å². The van der Waals surface area contributed by atoms with E-state index in [-0.39, 0.29) is 29.3 Å². The number of carbonyl (C=O) groups excluding carboxylic acids is 2. The molecule has 1 aromatic carbocycles. The topological polar surface area (TPSA) is 161 Å². The molecule has 0 aliphatic heterocycles. The van der Waals surface area contributed by atoms with E-state index in [2.05, 4.69) is 20.7 Å². The smallest absolute Gasteiger partial charge is 0.419 e. The van der Waals surface area contributed by atoms with Gasteiger partial charge in [0, 0.05) is 32.3 Å². The van der Waals surface area contributed by atoms with E-state index >= 15 is 0 Å². The van der Waals surface area contributed by atoms with Crippen molar-refractivity contribution >= 4 is 34.5 Å². The van der Waals surface area contributed by atoms with Gasteiger partial charge in [0.25, 0.3) is 11.8 Å². The van der Waals surface area contributed by atoms with Gasteiger partial charge in [0.2, 0.25) is 0 Å². The van der Waals surface area contributed by atoms with Gasteiger partial charge < -0.3 is 20.2 Å². The number of aromatic nitrogens is 4. The molecule has 0 unspecified atom stereocenters. The van der Waals surface area contributed by atoms with Crippen LogP contribution in [0.25, 0.3) is 16.7 Å². The first-order valence-corrected chi connectivity index (χ1v) is 12.9. The SMILES string of the molecule is Cn1c(=O)oc2ccc(CNC(=O)c3cc(C(=O)NCC45CCC(C(=O)O)(CC4)CC5)n4nccc4n3)cc21. The van der Waals surface area contributed by atoms with E-state index < -0.39 is 23.0 Å². The number of aliphatic carboxylic acids is 1. The van der Waals surface area contributed by atoms with Crippen molar-refractivity contribution in [3.05, 3.63) is 64.0 Å². The lowest BCUT2D eigenvalue weighted by Gasteiger charge is -2.51. The highest BCUT2D eigenvalue weighted by Gasteiger charge is 2.52. The Balaban J connectivity index is 1.16. The highest BCUT2D eigenvalue weighted by atomic mass is 16.4. The zero-order valence-electron chi connectivity index (χ0n) is 21.4. The van der Waals surface area contributed by atoms with Gasteiger partial charge in [-0.25, -0.2) is 14.3 Å². The average molecular weight is 533 g/mol. The number of carbonyl (C=O) groups is 3. The van der Waals surface area contributed by atoms with Gasteiger partial charge in [-0.1, -0.05) is 6.07 Å². The summed E-state index contributed by atoms with van der Waals surface area (Å²) in [6, 6.07) is 8.24. The molecule has 2 bridgehead atoms. The second kappa shape index (κ2) is 9.07. The maximum Gasteiger partial charge on any atom is 0.419 e. The van der Waals surface area contributed by atoms with Crippen molar-refractivity contribution in [1.82, 2.24) is 29.8 Å². The molecule has 3 saturated carbocycles. The van der Waals surface area contributed by atoms with Crippen molar-refractivity contribution in [2.75, 3.05) is 6.54 Å². The summed E-state index contributed by atoms with van der Waals surface area (Å²) >= 11 is 0. The molecule has 3 heterocycles. The Morgan fingerprint density at radius 2 is 1.77 bits per heavy atom. The van der Waals surface area contributed by atoms with Crippen molar-refractivity contribution in [2.24, 2.45) is 17.9 Å². The van der Waals surface area contributed by atoms with Crippen LogP contribution in [0.5, 0.6) is 0 Å². The second-order valence-corrected chi connectivity index (χ2v) is 10.8. The average Bonchev–Trinajstić information content (AvgIpc) is 3.54. The summed E-state index contributed by atoms with van der Waals surface area (Å²) in [4.78, 5) is 54.2. The molecule has 3 N–H and O–H groups in total. The van der Waals surface area contributed by atoms with Crippen LogP contribution in [0.2, 0.25) is 0 Å². The van der Waals surface area contributed by atoms with E-state index in [9.17, 15) is 24.3 Å². The van der Waals surface area contributed by atoms with Crippen LogP contribution < -0.4 is 16.4 Å². The highest BCUT2D eigenvalue weighted by Crippen LogP contribution is 2.56. The Hall–Kier alpha value is -4.48. The van der Waals surface area contributed by atoms with Crippen molar-refractivity contribution in [2.45, 2.75) is 45.1 Å². The van der Waals surface area contributed by atoms with Crippen molar-refractivity contribution in [3.8, 4) is 0 Å². The van der Waals surface area contributed by atoms with E-state index in [0.717, 1.165) is 24.8 Å². The summed E-state index contributed by atoms with van der Waals surface area (Å²) < 4.78 is 7.94. The minimum Gasteiger partial charge on any atom is -0.481 e. The van der Waals surface area contributed by atoms with Crippen LogP contribution in [0.4, 0.5) is 0 Å². The first-order chi connectivity index (χ1) is 18.7. The predicted molar refractivity (Wildman–Crippen MR) is 138 cm³/mol. The maximum atomic E-state index is 13.3. The second-order valence-electron chi connectivity index (χ2n) is 10.8. The van der Waals surface area contributed by atoms with Crippen LogP contribution in [0, 0.1) is 10.8 Å². The zero-order chi connectivity index (χ0) is 27.4. The van der Waals surface area contributed by atoms with Gasteiger partial charge in [-0.2, -0.15) is 5.10 Å². The van der Waals surface area contributed by atoms with Gasteiger partial charge in [0.15, 0.2) is 11.2 Å². The zero-order valence-corrected chi connectivity index (χ0v) is 21.4. The summed E-state index contributed by atoms with van der Waals surface area (Å²) in [5.74, 6) is -2.01. The maximum absolute atomic E-state index is 13.3. The largest absolute Gasteiger partial charge is 0.481 e.